The number of ketones is 1. The third-order valence-electron chi connectivity index (χ3n) is 1.29. The van der Waals surface area contributed by atoms with Crippen molar-refractivity contribution in [3.05, 3.63) is 24.3 Å². The Morgan fingerprint density at radius 3 is 2.78 bits per heavy atom. The van der Waals surface area contributed by atoms with E-state index in [9.17, 15) is 4.79 Å². The van der Waals surface area contributed by atoms with Crippen molar-refractivity contribution in [1.29, 1.82) is 0 Å². The number of hydrogen-bond acceptors (Lipinski definition) is 2. The summed E-state index contributed by atoms with van der Waals surface area (Å²) < 4.78 is 0. The van der Waals surface area contributed by atoms with Gasteiger partial charge in [-0.2, -0.15) is 0 Å². The van der Waals surface area contributed by atoms with Crippen molar-refractivity contribution in [2.75, 3.05) is 7.05 Å². The molecule has 2 heteroatoms. The van der Waals surface area contributed by atoms with Crippen molar-refractivity contribution in [3.63, 3.8) is 0 Å². The van der Waals surface area contributed by atoms with Gasteiger partial charge in [-0.25, -0.2) is 0 Å². The average molecular weight is 123 g/mol. The van der Waals surface area contributed by atoms with Gasteiger partial charge in [0.15, 0.2) is 5.78 Å². The molecule has 0 aliphatic heterocycles. The van der Waals surface area contributed by atoms with Gasteiger partial charge in [-0.15, -0.1) is 0 Å². The SMILES string of the molecule is CNC1C=CC=CC1=O. The van der Waals surface area contributed by atoms with Crippen LogP contribution >= 0.6 is 0 Å². The molecule has 0 saturated carbocycles. The monoisotopic (exact) mass is 123 g/mol. The standard InChI is InChI=1S/C7H9NO/c1-8-6-4-2-3-5-7(6)9/h2-6,8H,1H3. The number of likely N-dealkylation sites (N-methyl/N-ethyl adjacent to an activating group) is 1. The molecule has 0 fully saturated rings. The Labute approximate surface area is 54.3 Å². The van der Waals surface area contributed by atoms with Crippen LogP contribution in [0.2, 0.25) is 0 Å². The molecule has 1 rings (SSSR count). The second-order valence-corrected chi connectivity index (χ2v) is 1.91. The minimum Gasteiger partial charge on any atom is -0.307 e. The third kappa shape index (κ3) is 1.27. The maximum absolute atomic E-state index is 10.8. The number of rotatable bonds is 1. The van der Waals surface area contributed by atoms with Gasteiger partial charge in [-0.1, -0.05) is 18.2 Å². The molecule has 1 unspecified atom stereocenters. The summed E-state index contributed by atoms with van der Waals surface area (Å²) in [5.74, 6) is 0.125. The Morgan fingerprint density at radius 2 is 2.33 bits per heavy atom. The van der Waals surface area contributed by atoms with E-state index in [1.807, 2.05) is 12.2 Å². The van der Waals surface area contributed by atoms with Gasteiger partial charge >= 0.3 is 0 Å². The van der Waals surface area contributed by atoms with E-state index < -0.39 is 0 Å². The van der Waals surface area contributed by atoms with E-state index in [0.29, 0.717) is 0 Å². The second-order valence-electron chi connectivity index (χ2n) is 1.91. The van der Waals surface area contributed by atoms with Crippen LogP contribution in [0.4, 0.5) is 0 Å². The van der Waals surface area contributed by atoms with Crippen LogP contribution in [0.3, 0.4) is 0 Å². The lowest BCUT2D eigenvalue weighted by Crippen LogP contribution is -2.31. The molecule has 0 saturated heterocycles. The fourth-order valence-corrected chi connectivity index (χ4v) is 0.763. The van der Waals surface area contributed by atoms with E-state index >= 15 is 0 Å². The van der Waals surface area contributed by atoms with Crippen LogP contribution in [0.15, 0.2) is 24.3 Å². The summed E-state index contributed by atoms with van der Waals surface area (Å²) in [5, 5.41) is 2.87. The highest BCUT2D eigenvalue weighted by molar-refractivity contribution is 5.97. The molecule has 1 N–H and O–H groups in total. The fraction of sp³-hybridized carbons (Fsp3) is 0.286. The highest BCUT2D eigenvalue weighted by atomic mass is 16.1. The Hall–Kier alpha value is -0.890. The summed E-state index contributed by atoms with van der Waals surface area (Å²) >= 11 is 0. The summed E-state index contributed by atoms with van der Waals surface area (Å²) in [4.78, 5) is 10.8. The number of nitrogens with one attached hydrogen (secondary N) is 1. The van der Waals surface area contributed by atoms with Crippen LogP contribution in [0.5, 0.6) is 0 Å². The van der Waals surface area contributed by atoms with Gasteiger partial charge in [0.1, 0.15) is 0 Å². The summed E-state index contributed by atoms with van der Waals surface area (Å²) in [6.45, 7) is 0. The zero-order chi connectivity index (χ0) is 6.69. The molecular weight excluding hydrogens is 114 g/mol. The van der Waals surface area contributed by atoms with Gasteiger partial charge < -0.3 is 5.32 Å². The predicted molar refractivity (Wildman–Crippen MR) is 36.1 cm³/mol. The summed E-state index contributed by atoms with van der Waals surface area (Å²) in [6, 6.07) is -0.102. The van der Waals surface area contributed by atoms with Gasteiger partial charge in [-0.3, -0.25) is 4.79 Å². The molecular formula is C7H9NO. The first-order valence-corrected chi connectivity index (χ1v) is 2.90. The minimum atomic E-state index is -0.102. The lowest BCUT2D eigenvalue weighted by atomic mass is 10.1. The van der Waals surface area contributed by atoms with Crippen molar-refractivity contribution >= 4 is 5.78 Å². The quantitative estimate of drug-likeness (QED) is 0.542. The molecule has 0 aromatic carbocycles. The highest BCUT2D eigenvalue weighted by Crippen LogP contribution is 1.96. The van der Waals surface area contributed by atoms with Gasteiger partial charge in [0.25, 0.3) is 0 Å². The zero-order valence-electron chi connectivity index (χ0n) is 5.29. The number of carbonyl (C=O) groups is 1. The van der Waals surface area contributed by atoms with Gasteiger partial charge in [0.05, 0.1) is 6.04 Å². The van der Waals surface area contributed by atoms with Crippen molar-refractivity contribution in [2.24, 2.45) is 0 Å². The van der Waals surface area contributed by atoms with Crippen LogP contribution in [0.25, 0.3) is 0 Å². The molecule has 48 valence electrons. The molecule has 1 aliphatic rings. The van der Waals surface area contributed by atoms with Crippen LogP contribution in [-0.2, 0) is 4.79 Å². The summed E-state index contributed by atoms with van der Waals surface area (Å²) in [6.07, 6.45) is 7.02. The number of allylic oxidation sites excluding steroid dienone is 2. The first-order chi connectivity index (χ1) is 4.34. The van der Waals surface area contributed by atoms with Crippen LogP contribution < -0.4 is 5.32 Å². The summed E-state index contributed by atoms with van der Waals surface area (Å²) in [5.41, 5.74) is 0. The molecule has 0 radical (unpaired) electrons. The van der Waals surface area contributed by atoms with E-state index in [1.165, 1.54) is 0 Å². The van der Waals surface area contributed by atoms with Crippen molar-refractivity contribution in [2.45, 2.75) is 6.04 Å². The maximum atomic E-state index is 10.8. The van der Waals surface area contributed by atoms with E-state index in [4.69, 9.17) is 0 Å². The van der Waals surface area contributed by atoms with Crippen molar-refractivity contribution in [1.82, 2.24) is 5.32 Å². The largest absolute Gasteiger partial charge is 0.307 e. The molecule has 0 spiro atoms. The summed E-state index contributed by atoms with van der Waals surface area (Å²) in [7, 11) is 1.77. The minimum absolute atomic E-state index is 0.102. The number of carbonyl (C=O) groups excluding carboxylic acids is 1. The van der Waals surface area contributed by atoms with E-state index in [2.05, 4.69) is 5.32 Å². The van der Waals surface area contributed by atoms with Gasteiger partial charge in [-0.05, 0) is 13.1 Å². The van der Waals surface area contributed by atoms with Crippen LogP contribution in [-0.4, -0.2) is 18.9 Å². The Balaban J connectivity index is 2.66. The molecule has 1 aliphatic carbocycles. The fourth-order valence-electron chi connectivity index (χ4n) is 0.763. The predicted octanol–water partition coefficient (Wildman–Crippen LogP) is 0.269. The molecule has 0 aromatic rings. The first kappa shape index (κ1) is 6.23. The van der Waals surface area contributed by atoms with Crippen molar-refractivity contribution < 1.29 is 4.79 Å². The Morgan fingerprint density at radius 1 is 1.56 bits per heavy atom. The molecule has 9 heavy (non-hydrogen) atoms. The molecule has 0 heterocycles. The van der Waals surface area contributed by atoms with E-state index in [0.717, 1.165) is 0 Å². The van der Waals surface area contributed by atoms with Crippen molar-refractivity contribution in [3.8, 4) is 0 Å². The third-order valence-corrected chi connectivity index (χ3v) is 1.29. The van der Waals surface area contributed by atoms with Gasteiger partial charge in [0, 0.05) is 0 Å². The molecule has 0 amide bonds. The van der Waals surface area contributed by atoms with Gasteiger partial charge in [0.2, 0.25) is 0 Å². The van der Waals surface area contributed by atoms with Crippen LogP contribution in [0.1, 0.15) is 0 Å². The lowest BCUT2D eigenvalue weighted by molar-refractivity contribution is -0.115. The molecule has 0 bridgehead atoms. The Kier molecular flexibility index (Phi) is 1.80. The molecule has 0 aromatic heterocycles. The highest BCUT2D eigenvalue weighted by Gasteiger charge is 2.10. The van der Waals surface area contributed by atoms with E-state index in [-0.39, 0.29) is 11.8 Å². The van der Waals surface area contributed by atoms with E-state index in [1.54, 1.807) is 19.2 Å². The number of hydrogen-bond donors (Lipinski definition) is 1. The maximum Gasteiger partial charge on any atom is 0.176 e. The second kappa shape index (κ2) is 2.60. The zero-order valence-corrected chi connectivity index (χ0v) is 5.29. The van der Waals surface area contributed by atoms with Crippen LogP contribution in [0, 0.1) is 0 Å². The molecule has 1 atom stereocenters. The topological polar surface area (TPSA) is 29.1 Å². The molecule has 2 nitrogen and oxygen atoms in total. The lowest BCUT2D eigenvalue weighted by Gasteiger charge is -2.08. The Bertz CT molecular complexity index is 170. The first-order valence-electron chi connectivity index (χ1n) is 2.90. The smallest absolute Gasteiger partial charge is 0.176 e. The normalized spacial score (nSPS) is 25.0. The average Bonchev–Trinajstić information content (AvgIpc) is 1.89.